The van der Waals surface area contributed by atoms with Crippen molar-refractivity contribution in [1.29, 1.82) is 0 Å². The van der Waals surface area contributed by atoms with Crippen LogP contribution in [0.25, 0.3) is 0 Å². The molecular weight excluding hydrogens is 223 g/mol. The molecule has 2 aromatic rings. The van der Waals surface area contributed by atoms with Crippen molar-refractivity contribution >= 4 is 17.3 Å². The van der Waals surface area contributed by atoms with E-state index in [1.165, 1.54) is 12.1 Å². The Kier molecular flexibility index (Phi) is 2.78. The Morgan fingerprint density at radius 1 is 1.47 bits per heavy atom. The lowest BCUT2D eigenvalue weighted by atomic mass is 10.2. The summed E-state index contributed by atoms with van der Waals surface area (Å²) in [5.41, 5.74) is 7.14. The summed E-state index contributed by atoms with van der Waals surface area (Å²) in [6.07, 6.45) is 0. The molecule has 0 saturated carbocycles. The van der Waals surface area contributed by atoms with Crippen molar-refractivity contribution in [2.75, 3.05) is 11.1 Å². The number of aromatic amines is 1. The molecule has 1 aromatic carbocycles. The van der Waals surface area contributed by atoms with Gasteiger partial charge in [-0.3, -0.25) is 9.89 Å². The highest BCUT2D eigenvalue weighted by molar-refractivity contribution is 6.04. The summed E-state index contributed by atoms with van der Waals surface area (Å²) in [7, 11) is 0. The number of carbonyl (C=O) groups excluding carboxylic acids is 1. The van der Waals surface area contributed by atoms with Gasteiger partial charge in [-0.25, -0.2) is 4.39 Å². The van der Waals surface area contributed by atoms with Crippen molar-refractivity contribution in [2.24, 2.45) is 0 Å². The summed E-state index contributed by atoms with van der Waals surface area (Å²) in [6.45, 7) is 1.78. The average Bonchev–Trinajstić information content (AvgIpc) is 2.70. The second-order valence-electron chi connectivity index (χ2n) is 3.62. The number of amides is 1. The molecule has 4 N–H and O–H groups in total. The van der Waals surface area contributed by atoms with E-state index in [4.69, 9.17) is 5.73 Å². The van der Waals surface area contributed by atoms with Crippen LogP contribution < -0.4 is 11.1 Å². The van der Waals surface area contributed by atoms with Crippen LogP contribution in [0.2, 0.25) is 0 Å². The van der Waals surface area contributed by atoms with Crippen LogP contribution in [0.5, 0.6) is 0 Å². The van der Waals surface area contributed by atoms with Crippen LogP contribution in [0.4, 0.5) is 15.8 Å². The van der Waals surface area contributed by atoms with Gasteiger partial charge in [0.25, 0.3) is 5.91 Å². The van der Waals surface area contributed by atoms with E-state index < -0.39 is 11.7 Å². The van der Waals surface area contributed by atoms with Crippen LogP contribution in [0.15, 0.2) is 24.3 Å². The number of hydrogen-bond acceptors (Lipinski definition) is 3. The summed E-state index contributed by atoms with van der Waals surface area (Å²) in [6, 6.07) is 5.36. The standard InChI is InChI=1S/C11H11FN4O/c1-6-4-10(16-15-6)11(17)14-9-5-7(12)2-3-8(9)13/h2-5H,13H2,1H3,(H,14,17)(H,15,16). The Balaban J connectivity index is 2.21. The van der Waals surface area contributed by atoms with E-state index in [9.17, 15) is 9.18 Å². The molecule has 0 fully saturated rings. The van der Waals surface area contributed by atoms with E-state index in [-0.39, 0.29) is 11.4 Å². The number of aromatic nitrogens is 2. The number of H-pyrrole nitrogens is 1. The lowest BCUT2D eigenvalue weighted by molar-refractivity contribution is 0.102. The summed E-state index contributed by atoms with van der Waals surface area (Å²) >= 11 is 0. The van der Waals surface area contributed by atoms with Gasteiger partial charge in [0.15, 0.2) is 5.69 Å². The van der Waals surface area contributed by atoms with Gasteiger partial charge in [0.2, 0.25) is 0 Å². The number of rotatable bonds is 2. The molecule has 1 aromatic heterocycles. The van der Waals surface area contributed by atoms with E-state index in [0.29, 0.717) is 5.69 Å². The Morgan fingerprint density at radius 2 is 2.24 bits per heavy atom. The molecule has 1 amide bonds. The van der Waals surface area contributed by atoms with Gasteiger partial charge in [-0.15, -0.1) is 0 Å². The van der Waals surface area contributed by atoms with Gasteiger partial charge < -0.3 is 11.1 Å². The number of benzene rings is 1. The lowest BCUT2D eigenvalue weighted by Gasteiger charge is -2.06. The lowest BCUT2D eigenvalue weighted by Crippen LogP contribution is -2.13. The van der Waals surface area contributed by atoms with Crippen LogP contribution >= 0.6 is 0 Å². The molecule has 0 aliphatic heterocycles. The van der Waals surface area contributed by atoms with Crippen LogP contribution in [0, 0.1) is 12.7 Å². The molecule has 0 spiro atoms. The number of nitrogen functional groups attached to an aromatic ring is 1. The maximum Gasteiger partial charge on any atom is 0.276 e. The average molecular weight is 234 g/mol. The molecule has 0 unspecified atom stereocenters. The monoisotopic (exact) mass is 234 g/mol. The number of anilines is 2. The van der Waals surface area contributed by atoms with E-state index >= 15 is 0 Å². The molecular formula is C11H11FN4O. The topological polar surface area (TPSA) is 83.8 Å². The van der Waals surface area contributed by atoms with Crippen molar-refractivity contribution in [3.05, 3.63) is 41.5 Å². The zero-order chi connectivity index (χ0) is 12.4. The van der Waals surface area contributed by atoms with Crippen LogP contribution in [-0.4, -0.2) is 16.1 Å². The van der Waals surface area contributed by atoms with Gasteiger partial charge in [-0.2, -0.15) is 5.10 Å². The van der Waals surface area contributed by atoms with E-state index in [2.05, 4.69) is 15.5 Å². The second kappa shape index (κ2) is 4.25. The van der Waals surface area contributed by atoms with Crippen molar-refractivity contribution in [1.82, 2.24) is 10.2 Å². The first-order valence-corrected chi connectivity index (χ1v) is 4.94. The van der Waals surface area contributed by atoms with Gasteiger partial charge >= 0.3 is 0 Å². The van der Waals surface area contributed by atoms with Gasteiger partial charge in [0.05, 0.1) is 11.4 Å². The minimum absolute atomic E-state index is 0.228. The van der Waals surface area contributed by atoms with Gasteiger partial charge in [-0.1, -0.05) is 0 Å². The molecule has 0 bridgehead atoms. The zero-order valence-electron chi connectivity index (χ0n) is 9.12. The largest absolute Gasteiger partial charge is 0.397 e. The highest BCUT2D eigenvalue weighted by Gasteiger charge is 2.11. The van der Waals surface area contributed by atoms with Crippen molar-refractivity contribution in [2.45, 2.75) is 6.92 Å². The molecule has 0 atom stereocenters. The molecule has 88 valence electrons. The summed E-state index contributed by atoms with van der Waals surface area (Å²) in [5, 5.41) is 8.93. The Labute approximate surface area is 96.8 Å². The minimum atomic E-state index is -0.465. The third kappa shape index (κ3) is 2.41. The SMILES string of the molecule is Cc1cc(C(=O)Nc2cc(F)ccc2N)n[nH]1. The first kappa shape index (κ1) is 11.1. The predicted octanol–water partition coefficient (Wildman–Crippen LogP) is 1.69. The quantitative estimate of drug-likeness (QED) is 0.691. The predicted molar refractivity (Wildman–Crippen MR) is 62.1 cm³/mol. The highest BCUT2D eigenvalue weighted by atomic mass is 19.1. The van der Waals surface area contributed by atoms with Crippen molar-refractivity contribution < 1.29 is 9.18 Å². The summed E-state index contributed by atoms with van der Waals surface area (Å²) in [5.74, 6) is -0.903. The molecule has 17 heavy (non-hydrogen) atoms. The number of nitrogens with two attached hydrogens (primary N) is 1. The number of carbonyl (C=O) groups is 1. The maximum absolute atomic E-state index is 13.0. The Bertz CT molecular complexity index is 564. The molecule has 0 radical (unpaired) electrons. The Hall–Kier alpha value is -2.37. The third-order valence-corrected chi connectivity index (χ3v) is 2.20. The first-order valence-electron chi connectivity index (χ1n) is 4.94. The fraction of sp³-hybridized carbons (Fsp3) is 0.0909. The normalized spacial score (nSPS) is 10.2. The smallest absolute Gasteiger partial charge is 0.276 e. The van der Waals surface area contributed by atoms with Crippen molar-refractivity contribution in [3.63, 3.8) is 0 Å². The van der Waals surface area contributed by atoms with Gasteiger partial charge in [0.1, 0.15) is 5.82 Å². The van der Waals surface area contributed by atoms with Crippen LogP contribution in [0.1, 0.15) is 16.2 Å². The molecule has 2 rings (SSSR count). The molecule has 0 aliphatic carbocycles. The fourth-order valence-electron chi connectivity index (χ4n) is 1.36. The zero-order valence-corrected chi connectivity index (χ0v) is 9.12. The Morgan fingerprint density at radius 3 is 2.88 bits per heavy atom. The van der Waals surface area contributed by atoms with Crippen LogP contribution in [0.3, 0.4) is 0 Å². The molecule has 1 heterocycles. The highest BCUT2D eigenvalue weighted by Crippen LogP contribution is 2.19. The number of halogens is 1. The fourth-order valence-corrected chi connectivity index (χ4v) is 1.36. The minimum Gasteiger partial charge on any atom is -0.397 e. The van der Waals surface area contributed by atoms with E-state index in [1.807, 2.05) is 0 Å². The number of nitrogens with zero attached hydrogens (tertiary/aromatic N) is 1. The molecule has 5 nitrogen and oxygen atoms in total. The van der Waals surface area contributed by atoms with Crippen LogP contribution in [-0.2, 0) is 0 Å². The maximum atomic E-state index is 13.0. The second-order valence-corrected chi connectivity index (χ2v) is 3.62. The summed E-state index contributed by atoms with van der Waals surface area (Å²) < 4.78 is 13.0. The first-order chi connectivity index (χ1) is 8.06. The number of nitrogens with one attached hydrogen (secondary N) is 2. The number of hydrogen-bond donors (Lipinski definition) is 3. The molecule has 6 heteroatoms. The summed E-state index contributed by atoms with van der Waals surface area (Å²) in [4.78, 5) is 11.7. The van der Waals surface area contributed by atoms with E-state index in [0.717, 1.165) is 11.8 Å². The van der Waals surface area contributed by atoms with Crippen molar-refractivity contribution in [3.8, 4) is 0 Å². The van der Waals surface area contributed by atoms with E-state index in [1.54, 1.807) is 13.0 Å². The molecule has 0 aliphatic rings. The number of aryl methyl sites for hydroxylation is 1. The molecule has 0 saturated heterocycles. The van der Waals surface area contributed by atoms with Gasteiger partial charge in [-0.05, 0) is 31.2 Å². The van der Waals surface area contributed by atoms with Gasteiger partial charge in [0, 0.05) is 5.69 Å². The third-order valence-electron chi connectivity index (χ3n) is 2.20.